The lowest BCUT2D eigenvalue weighted by atomic mass is 10.1. The maximum Gasteiger partial charge on any atom is 0.319 e. The number of amides is 2. The molecule has 10 N–H and O–H groups in total. The maximum absolute atomic E-state index is 14.4. The molecule has 0 heterocycles. The number of carbonyl (C=O) groups excluding carboxylic acids is 1. The van der Waals surface area contributed by atoms with Gasteiger partial charge in [0.05, 0.1) is 0 Å². The van der Waals surface area contributed by atoms with Crippen LogP contribution in [-0.2, 0) is 0 Å². The highest BCUT2D eigenvalue weighted by atomic mass is 32.1. The first kappa shape index (κ1) is 55.3. The summed E-state index contributed by atoms with van der Waals surface area (Å²) in [6.07, 6.45) is 33.2. The summed E-state index contributed by atoms with van der Waals surface area (Å²) in [6, 6.07) is 0.266. The van der Waals surface area contributed by atoms with E-state index in [4.69, 9.17) is 35.9 Å². The van der Waals surface area contributed by atoms with Crippen LogP contribution >= 0.6 is 24.4 Å². The van der Waals surface area contributed by atoms with Gasteiger partial charge in [0.1, 0.15) is 0 Å². The Morgan fingerprint density at radius 3 is 0.984 bits per heavy atom. The molecule has 62 heavy (non-hydrogen) atoms. The summed E-state index contributed by atoms with van der Waals surface area (Å²) in [5.41, 5.74) is 12.1. The number of aliphatic imine (C=N–C) groups is 2. The molecule has 2 amide bonds. The van der Waals surface area contributed by atoms with Crippen molar-refractivity contribution in [2.24, 2.45) is 33.3 Å². The number of hydrogen-bond acceptors (Lipinski definition) is 5. The molecule has 0 aromatic heterocycles. The molecule has 0 saturated heterocycles. The van der Waals surface area contributed by atoms with Crippen LogP contribution in [0.4, 0.5) is 4.79 Å². The predicted molar refractivity (Wildman–Crippen MR) is 273 cm³/mol. The van der Waals surface area contributed by atoms with Gasteiger partial charge in [-0.05, 0) is 113 Å². The van der Waals surface area contributed by atoms with Crippen molar-refractivity contribution in [1.29, 1.82) is 0 Å². The molecule has 360 valence electrons. The van der Waals surface area contributed by atoms with Crippen LogP contribution in [0, 0.1) is 11.8 Å². The SMILES string of the molecule is CNC(=S)NCCCCCCCCN(CCCCCCCCNC(N)=NCC1CC1)C(=O)N(CCCCCCCCNC(=S)NC)CCCCCCCCNC(N)=NCC1CC1. The molecular formula is C47H94N12OS2. The first-order valence-corrected chi connectivity index (χ1v) is 26.2. The van der Waals surface area contributed by atoms with Crippen molar-refractivity contribution in [2.45, 2.75) is 180 Å². The molecule has 15 heteroatoms. The first-order chi connectivity index (χ1) is 30.3. The summed E-state index contributed by atoms with van der Waals surface area (Å²) in [7, 11) is 3.71. The number of nitrogens with two attached hydrogens (primary N) is 2. The lowest BCUT2D eigenvalue weighted by molar-refractivity contribution is 0.148. The number of hydrogen-bond donors (Lipinski definition) is 8. The van der Waals surface area contributed by atoms with Crippen LogP contribution < -0.4 is 43.4 Å². The summed E-state index contributed by atoms with van der Waals surface area (Å²) in [6.45, 7) is 8.82. The van der Waals surface area contributed by atoms with Crippen LogP contribution in [0.2, 0.25) is 0 Å². The third-order valence-corrected chi connectivity index (χ3v) is 12.7. The van der Waals surface area contributed by atoms with E-state index in [1.54, 1.807) is 0 Å². The Balaban J connectivity index is 1.81. The molecule has 0 bridgehead atoms. The van der Waals surface area contributed by atoms with E-state index in [-0.39, 0.29) is 6.03 Å². The molecule has 2 rings (SSSR count). The highest BCUT2D eigenvalue weighted by Gasteiger charge is 2.22. The maximum atomic E-state index is 14.4. The third kappa shape index (κ3) is 33.7. The topological polar surface area (TPSA) is 172 Å². The average molecular weight is 907 g/mol. The van der Waals surface area contributed by atoms with Gasteiger partial charge in [0.15, 0.2) is 22.1 Å². The van der Waals surface area contributed by atoms with Gasteiger partial charge in [-0.1, -0.05) is 103 Å². The van der Waals surface area contributed by atoms with Crippen LogP contribution in [0.5, 0.6) is 0 Å². The van der Waals surface area contributed by atoms with Crippen molar-refractivity contribution in [1.82, 2.24) is 41.7 Å². The average Bonchev–Trinajstić information content (AvgIpc) is 4.22. The molecule has 13 nitrogen and oxygen atoms in total. The van der Waals surface area contributed by atoms with Crippen molar-refractivity contribution in [3.63, 3.8) is 0 Å². The predicted octanol–water partition coefficient (Wildman–Crippen LogP) is 7.89. The molecule has 2 saturated carbocycles. The molecule has 0 aromatic rings. The van der Waals surface area contributed by atoms with E-state index >= 15 is 0 Å². The Morgan fingerprint density at radius 2 is 0.710 bits per heavy atom. The van der Waals surface area contributed by atoms with Gasteiger partial charge in [-0.25, -0.2) is 4.79 Å². The zero-order chi connectivity index (χ0) is 44.7. The standard InChI is InChI=1S/C47H94N12OS2/c1-50-45(61)54-33-21-13-5-9-17-25-37-58(35-23-15-7-3-11-19-31-52-43(48)56-39-41-27-28-41)47(60)59(38-26-18-10-6-14-22-34-55-46(62)51-2)36-24-16-8-4-12-20-32-53-44(49)57-40-42-29-30-42/h41-42H,3-40H2,1-2H3,(H3,48,52,56)(H3,49,53,57)(H2,50,54,61)(H2,51,55,62). The van der Waals surface area contributed by atoms with E-state index < -0.39 is 0 Å². The fourth-order valence-corrected chi connectivity index (χ4v) is 7.73. The third-order valence-electron chi connectivity index (χ3n) is 12.0. The molecular weight excluding hydrogens is 813 g/mol. The lowest BCUT2D eigenvalue weighted by Gasteiger charge is -2.31. The number of carbonyl (C=O) groups is 1. The van der Waals surface area contributed by atoms with Crippen LogP contribution in [0.25, 0.3) is 0 Å². The minimum atomic E-state index is 0.266. The molecule has 0 atom stereocenters. The van der Waals surface area contributed by atoms with Gasteiger partial charge in [-0.3, -0.25) is 9.98 Å². The largest absolute Gasteiger partial charge is 0.370 e. The highest BCUT2D eigenvalue weighted by Crippen LogP contribution is 2.29. The van der Waals surface area contributed by atoms with Gasteiger partial charge in [0.2, 0.25) is 0 Å². The molecule has 2 fully saturated rings. The summed E-state index contributed by atoms with van der Waals surface area (Å²) >= 11 is 10.4. The Bertz CT molecular complexity index is 1110. The number of nitrogens with zero attached hydrogens (tertiary/aromatic N) is 4. The molecule has 0 aromatic carbocycles. The monoisotopic (exact) mass is 907 g/mol. The van der Waals surface area contributed by atoms with E-state index in [1.807, 2.05) is 14.1 Å². The van der Waals surface area contributed by atoms with Crippen molar-refractivity contribution in [3.8, 4) is 0 Å². The fourth-order valence-electron chi connectivity index (χ4n) is 7.53. The van der Waals surface area contributed by atoms with Gasteiger partial charge in [-0.2, -0.15) is 0 Å². The Morgan fingerprint density at radius 1 is 0.452 bits per heavy atom. The first-order valence-electron chi connectivity index (χ1n) is 25.3. The van der Waals surface area contributed by atoms with Crippen LogP contribution in [0.15, 0.2) is 9.98 Å². The number of thiocarbonyl (C=S) groups is 2. The molecule has 2 aliphatic carbocycles. The van der Waals surface area contributed by atoms with Gasteiger partial charge in [0.25, 0.3) is 0 Å². The number of unbranched alkanes of at least 4 members (excludes halogenated alkanes) is 20. The van der Waals surface area contributed by atoms with Crippen molar-refractivity contribution < 1.29 is 4.79 Å². The number of nitrogens with one attached hydrogen (secondary N) is 6. The summed E-state index contributed by atoms with van der Waals surface area (Å²) in [4.78, 5) is 27.7. The quantitative estimate of drug-likeness (QED) is 0.0130. The van der Waals surface area contributed by atoms with Crippen molar-refractivity contribution in [3.05, 3.63) is 0 Å². The van der Waals surface area contributed by atoms with E-state index in [2.05, 4.69) is 51.7 Å². The molecule has 2 aliphatic rings. The molecule has 0 aliphatic heterocycles. The smallest absolute Gasteiger partial charge is 0.319 e. The second-order valence-corrected chi connectivity index (χ2v) is 18.8. The molecule has 0 spiro atoms. The van der Waals surface area contributed by atoms with Crippen molar-refractivity contribution in [2.75, 3.05) is 79.5 Å². The number of rotatable bonds is 40. The summed E-state index contributed by atoms with van der Waals surface area (Å²) in [5.74, 6) is 2.73. The van der Waals surface area contributed by atoms with Crippen LogP contribution in [0.3, 0.4) is 0 Å². The summed E-state index contributed by atoms with van der Waals surface area (Å²) in [5, 5.41) is 20.5. The van der Waals surface area contributed by atoms with E-state index in [1.165, 1.54) is 128 Å². The second kappa shape index (κ2) is 38.6. The van der Waals surface area contributed by atoms with Gasteiger partial charge >= 0.3 is 6.03 Å². The molecule has 0 unspecified atom stereocenters. The Hall–Kier alpha value is -2.81. The normalized spacial score (nSPS) is 14.0. The Kier molecular flexibility index (Phi) is 34.5. The Labute approximate surface area is 390 Å². The van der Waals surface area contributed by atoms with Gasteiger partial charge < -0.3 is 53.2 Å². The minimum absolute atomic E-state index is 0.266. The number of urea groups is 1. The molecule has 0 radical (unpaired) electrons. The zero-order valence-electron chi connectivity index (χ0n) is 39.7. The van der Waals surface area contributed by atoms with Crippen LogP contribution in [-0.4, -0.2) is 118 Å². The van der Waals surface area contributed by atoms with E-state index in [0.29, 0.717) is 11.9 Å². The van der Waals surface area contributed by atoms with Gasteiger partial charge in [-0.15, -0.1) is 0 Å². The van der Waals surface area contributed by atoms with Gasteiger partial charge in [0, 0.05) is 79.5 Å². The van der Waals surface area contributed by atoms with E-state index in [0.717, 1.165) is 139 Å². The lowest BCUT2D eigenvalue weighted by Crippen LogP contribution is -2.45. The second-order valence-electron chi connectivity index (χ2n) is 17.9. The minimum Gasteiger partial charge on any atom is -0.370 e. The van der Waals surface area contributed by atoms with Crippen LogP contribution in [0.1, 0.15) is 180 Å². The van der Waals surface area contributed by atoms with Crippen molar-refractivity contribution >= 4 is 52.6 Å². The zero-order valence-corrected chi connectivity index (χ0v) is 41.3. The summed E-state index contributed by atoms with van der Waals surface area (Å²) < 4.78 is 0. The number of guanidine groups is 2. The highest BCUT2D eigenvalue weighted by molar-refractivity contribution is 7.80. The fraction of sp³-hybridized carbons (Fsp3) is 0.894. The van der Waals surface area contributed by atoms with E-state index in [9.17, 15) is 4.79 Å².